The monoisotopic (exact) mass is 451 g/mol. The molecule has 0 bridgehead atoms. The zero-order valence-corrected chi connectivity index (χ0v) is 18.9. The van der Waals surface area contributed by atoms with Crippen molar-refractivity contribution in [2.24, 2.45) is 0 Å². The van der Waals surface area contributed by atoms with Gasteiger partial charge in [0.25, 0.3) is 0 Å². The van der Waals surface area contributed by atoms with E-state index in [0.29, 0.717) is 24.5 Å². The SMILES string of the molecule is OCCN(CCO)c1ccc(C(c2ccc(Cl)cc2)c2ccc3c(c2)CC(O)CC3)cc1. The Morgan fingerprint density at radius 3 is 2.03 bits per heavy atom. The van der Waals surface area contributed by atoms with Gasteiger partial charge in [-0.05, 0) is 71.3 Å². The van der Waals surface area contributed by atoms with Crippen LogP contribution in [0.1, 0.15) is 40.2 Å². The molecular weight excluding hydrogens is 422 g/mol. The highest BCUT2D eigenvalue weighted by Gasteiger charge is 2.22. The van der Waals surface area contributed by atoms with Gasteiger partial charge in [-0.3, -0.25) is 0 Å². The van der Waals surface area contributed by atoms with Gasteiger partial charge in [0.1, 0.15) is 0 Å². The highest BCUT2D eigenvalue weighted by molar-refractivity contribution is 6.30. The molecule has 0 spiro atoms. The van der Waals surface area contributed by atoms with Gasteiger partial charge in [0.15, 0.2) is 0 Å². The molecule has 0 amide bonds. The number of hydrogen-bond acceptors (Lipinski definition) is 4. The number of hydrogen-bond donors (Lipinski definition) is 3. The van der Waals surface area contributed by atoms with Gasteiger partial charge in [-0.1, -0.05) is 54.1 Å². The second kappa shape index (κ2) is 10.5. The van der Waals surface area contributed by atoms with Crippen LogP contribution in [0.25, 0.3) is 0 Å². The number of aliphatic hydroxyl groups excluding tert-OH is 3. The largest absolute Gasteiger partial charge is 0.395 e. The fourth-order valence-electron chi connectivity index (χ4n) is 4.66. The number of halogens is 1. The van der Waals surface area contributed by atoms with Crippen LogP contribution in [0.3, 0.4) is 0 Å². The Bertz CT molecular complexity index is 1010. The summed E-state index contributed by atoms with van der Waals surface area (Å²) in [5.41, 5.74) is 7.03. The topological polar surface area (TPSA) is 63.9 Å². The molecule has 0 aliphatic heterocycles. The summed E-state index contributed by atoms with van der Waals surface area (Å²) in [4.78, 5) is 1.97. The molecule has 168 valence electrons. The Balaban J connectivity index is 1.72. The Kier molecular flexibility index (Phi) is 7.48. The third kappa shape index (κ3) is 5.16. The van der Waals surface area contributed by atoms with E-state index in [1.807, 2.05) is 29.2 Å². The number of anilines is 1. The lowest BCUT2D eigenvalue weighted by molar-refractivity contribution is 0.158. The maximum Gasteiger partial charge on any atom is 0.0606 e. The molecule has 0 radical (unpaired) electrons. The first-order chi connectivity index (χ1) is 15.6. The summed E-state index contributed by atoms with van der Waals surface area (Å²) in [7, 11) is 0. The number of fused-ring (bicyclic) bond motifs is 1. The molecule has 3 aromatic rings. The molecule has 1 aliphatic carbocycles. The predicted molar refractivity (Wildman–Crippen MR) is 130 cm³/mol. The molecule has 4 nitrogen and oxygen atoms in total. The van der Waals surface area contributed by atoms with Crippen LogP contribution in [0.4, 0.5) is 5.69 Å². The normalized spacial score (nSPS) is 16.4. The first-order valence-electron chi connectivity index (χ1n) is 11.2. The van der Waals surface area contributed by atoms with Crippen LogP contribution in [-0.2, 0) is 12.8 Å². The molecule has 2 unspecified atom stereocenters. The Morgan fingerprint density at radius 2 is 1.41 bits per heavy atom. The van der Waals surface area contributed by atoms with Gasteiger partial charge in [-0.25, -0.2) is 0 Å². The van der Waals surface area contributed by atoms with Crippen LogP contribution >= 0.6 is 11.6 Å². The molecule has 5 heteroatoms. The first kappa shape index (κ1) is 22.8. The van der Waals surface area contributed by atoms with Crippen molar-refractivity contribution in [3.63, 3.8) is 0 Å². The third-order valence-corrected chi connectivity index (χ3v) is 6.55. The molecule has 3 N–H and O–H groups in total. The predicted octanol–water partition coefficient (Wildman–Crippen LogP) is 4.16. The van der Waals surface area contributed by atoms with Crippen LogP contribution in [0.5, 0.6) is 0 Å². The zero-order chi connectivity index (χ0) is 22.5. The van der Waals surface area contributed by atoms with E-state index in [2.05, 4.69) is 42.5 Å². The zero-order valence-electron chi connectivity index (χ0n) is 18.1. The lowest BCUT2D eigenvalue weighted by atomic mass is 9.81. The highest BCUT2D eigenvalue weighted by Crippen LogP contribution is 2.35. The number of aliphatic hydroxyl groups is 3. The van der Waals surface area contributed by atoms with Gasteiger partial charge < -0.3 is 20.2 Å². The summed E-state index contributed by atoms with van der Waals surface area (Å²) >= 11 is 6.16. The quantitative estimate of drug-likeness (QED) is 0.450. The van der Waals surface area contributed by atoms with Crippen molar-refractivity contribution in [2.45, 2.75) is 31.3 Å². The number of benzene rings is 3. The third-order valence-electron chi connectivity index (χ3n) is 6.30. The fraction of sp³-hybridized carbons (Fsp3) is 0.333. The molecule has 2 atom stereocenters. The Labute approximate surface area is 194 Å². The van der Waals surface area contributed by atoms with Crippen molar-refractivity contribution in [1.82, 2.24) is 0 Å². The van der Waals surface area contributed by atoms with Gasteiger partial charge >= 0.3 is 0 Å². The van der Waals surface area contributed by atoms with E-state index >= 15 is 0 Å². The van der Waals surface area contributed by atoms with Crippen molar-refractivity contribution in [3.05, 3.63) is 99.6 Å². The number of nitrogens with zero attached hydrogens (tertiary/aromatic N) is 1. The summed E-state index contributed by atoms with van der Waals surface area (Å²) in [5, 5.41) is 29.6. The van der Waals surface area contributed by atoms with Gasteiger partial charge in [0.05, 0.1) is 19.3 Å². The maximum absolute atomic E-state index is 10.2. The van der Waals surface area contributed by atoms with E-state index in [1.54, 1.807) is 0 Å². The van der Waals surface area contributed by atoms with Crippen molar-refractivity contribution < 1.29 is 15.3 Å². The number of rotatable bonds is 8. The summed E-state index contributed by atoms with van der Waals surface area (Å²) < 4.78 is 0. The van der Waals surface area contributed by atoms with E-state index in [9.17, 15) is 15.3 Å². The average molecular weight is 452 g/mol. The van der Waals surface area contributed by atoms with Crippen LogP contribution < -0.4 is 4.90 Å². The summed E-state index contributed by atoms with van der Waals surface area (Å²) in [6, 6.07) is 23.0. The first-order valence-corrected chi connectivity index (χ1v) is 11.6. The van der Waals surface area contributed by atoms with Crippen LogP contribution in [0, 0.1) is 0 Å². The molecule has 32 heavy (non-hydrogen) atoms. The molecule has 0 fully saturated rings. The van der Waals surface area contributed by atoms with Crippen LogP contribution in [-0.4, -0.2) is 47.7 Å². The van der Waals surface area contributed by atoms with Gasteiger partial charge in [-0.2, -0.15) is 0 Å². The van der Waals surface area contributed by atoms with E-state index in [0.717, 1.165) is 29.7 Å². The Morgan fingerprint density at radius 1 is 0.812 bits per heavy atom. The molecule has 0 saturated heterocycles. The minimum Gasteiger partial charge on any atom is -0.395 e. The second-order valence-electron chi connectivity index (χ2n) is 8.44. The van der Waals surface area contributed by atoms with Gasteiger partial charge in [0, 0.05) is 29.7 Å². The number of aryl methyl sites for hydroxylation is 1. The fourth-order valence-corrected chi connectivity index (χ4v) is 4.78. The van der Waals surface area contributed by atoms with E-state index < -0.39 is 0 Å². The standard InChI is InChI=1S/C27H30ClNO3/c28-24-8-3-20(4-9-24)27(22-2-1-19-7-12-26(32)18-23(19)17-22)21-5-10-25(11-6-21)29(13-15-30)14-16-31/h1-6,8-11,17,26-27,30-32H,7,12-16,18H2. The lowest BCUT2D eigenvalue weighted by Crippen LogP contribution is -2.29. The van der Waals surface area contributed by atoms with E-state index in [1.165, 1.54) is 16.7 Å². The molecule has 0 saturated carbocycles. The average Bonchev–Trinajstić information content (AvgIpc) is 2.80. The smallest absolute Gasteiger partial charge is 0.0606 e. The van der Waals surface area contributed by atoms with Gasteiger partial charge in [0.2, 0.25) is 0 Å². The summed E-state index contributed by atoms with van der Waals surface area (Å²) in [6.07, 6.45) is 2.18. The van der Waals surface area contributed by atoms with E-state index in [4.69, 9.17) is 11.6 Å². The lowest BCUT2D eigenvalue weighted by Gasteiger charge is -2.26. The molecule has 4 rings (SSSR count). The van der Waals surface area contributed by atoms with Crippen LogP contribution in [0.15, 0.2) is 66.7 Å². The minimum atomic E-state index is -0.268. The van der Waals surface area contributed by atoms with Crippen molar-refractivity contribution >= 4 is 17.3 Å². The molecule has 3 aromatic carbocycles. The molecule has 0 heterocycles. The highest BCUT2D eigenvalue weighted by atomic mass is 35.5. The van der Waals surface area contributed by atoms with Crippen molar-refractivity contribution in [1.29, 1.82) is 0 Å². The Hall–Kier alpha value is -2.37. The van der Waals surface area contributed by atoms with E-state index in [-0.39, 0.29) is 25.2 Å². The van der Waals surface area contributed by atoms with Crippen LogP contribution in [0.2, 0.25) is 5.02 Å². The minimum absolute atomic E-state index is 0.0369. The van der Waals surface area contributed by atoms with Crippen molar-refractivity contribution in [3.8, 4) is 0 Å². The second-order valence-corrected chi connectivity index (χ2v) is 8.87. The van der Waals surface area contributed by atoms with Crippen molar-refractivity contribution in [2.75, 3.05) is 31.2 Å². The molecule has 1 aliphatic rings. The van der Waals surface area contributed by atoms with Gasteiger partial charge in [-0.15, -0.1) is 0 Å². The molecular formula is C27H30ClNO3. The molecule has 0 aromatic heterocycles. The summed E-state index contributed by atoms with van der Waals surface area (Å²) in [5.74, 6) is 0.0369. The maximum atomic E-state index is 10.2. The summed E-state index contributed by atoms with van der Waals surface area (Å²) in [6.45, 7) is 1.04.